The Morgan fingerprint density at radius 3 is 2.43 bits per heavy atom. The van der Waals surface area contributed by atoms with E-state index in [4.69, 9.17) is 11.5 Å². The van der Waals surface area contributed by atoms with Crippen LogP contribution in [0.15, 0.2) is 12.2 Å². The SMILES string of the molecule is C#CCCCCCCCCC.CC(CCC(=O)O)[C@H]1CC[C@H]2[C@@H]3CCC4CCC=C[C@]4(C)[C@H]3CC[C@]12C. The van der Waals surface area contributed by atoms with Gasteiger partial charge in [-0.1, -0.05) is 78.4 Å². The van der Waals surface area contributed by atoms with E-state index in [-0.39, 0.29) is 0 Å². The number of unbranched alkanes of at least 4 members (excludes halogenated alkanes) is 7. The number of terminal acetylenes is 1. The van der Waals surface area contributed by atoms with Crippen molar-refractivity contribution in [1.29, 1.82) is 0 Å². The zero-order valence-corrected chi connectivity index (χ0v) is 24.8. The fourth-order valence-corrected chi connectivity index (χ4v) is 9.53. The van der Waals surface area contributed by atoms with Crippen LogP contribution >= 0.6 is 0 Å². The van der Waals surface area contributed by atoms with E-state index < -0.39 is 5.97 Å². The van der Waals surface area contributed by atoms with Gasteiger partial charge in [-0.3, -0.25) is 4.79 Å². The molecule has 0 aromatic rings. The van der Waals surface area contributed by atoms with Crippen LogP contribution in [0.1, 0.15) is 143 Å². The summed E-state index contributed by atoms with van der Waals surface area (Å²) in [6, 6.07) is 0. The third kappa shape index (κ3) is 7.25. The van der Waals surface area contributed by atoms with Crippen molar-refractivity contribution in [3.05, 3.63) is 12.2 Å². The standard InChI is InChI=1S/C24H38O2.C11H20/c1-16(7-12-22(25)26)19-10-11-20-18-9-8-17-6-4-5-14-23(17,2)21(18)13-15-24(19,20)3;1-3-5-7-9-11-10-8-6-4-2/h5,14,16-21H,4,6-13,15H2,1-3H3,(H,25,26);1H,4-11H2,2H3/t16?,17?,18-,19+,20-,21-,23-,24+;/m0./s1. The highest BCUT2D eigenvalue weighted by atomic mass is 16.4. The van der Waals surface area contributed by atoms with Gasteiger partial charge in [0, 0.05) is 12.8 Å². The van der Waals surface area contributed by atoms with Crippen molar-refractivity contribution in [2.24, 2.45) is 46.3 Å². The monoisotopic (exact) mass is 510 g/mol. The van der Waals surface area contributed by atoms with Gasteiger partial charge in [-0.25, -0.2) is 0 Å². The number of carbonyl (C=O) groups is 1. The lowest BCUT2D eigenvalue weighted by Crippen LogP contribution is -2.52. The van der Waals surface area contributed by atoms with Crippen molar-refractivity contribution in [3.63, 3.8) is 0 Å². The van der Waals surface area contributed by atoms with Crippen LogP contribution in [0.25, 0.3) is 0 Å². The number of fused-ring (bicyclic) bond motifs is 5. The first-order valence-corrected chi connectivity index (χ1v) is 16.1. The first kappa shape index (κ1) is 30.3. The normalized spacial score (nSPS) is 36.8. The van der Waals surface area contributed by atoms with Gasteiger partial charge in [-0.05, 0) is 111 Å². The summed E-state index contributed by atoms with van der Waals surface area (Å²) < 4.78 is 0. The Morgan fingerprint density at radius 2 is 1.73 bits per heavy atom. The van der Waals surface area contributed by atoms with Crippen LogP contribution in [0.4, 0.5) is 0 Å². The van der Waals surface area contributed by atoms with E-state index in [9.17, 15) is 4.79 Å². The smallest absolute Gasteiger partial charge is 0.303 e. The summed E-state index contributed by atoms with van der Waals surface area (Å²) in [7, 11) is 0. The van der Waals surface area contributed by atoms with E-state index in [0.717, 1.165) is 42.4 Å². The van der Waals surface area contributed by atoms with Crippen molar-refractivity contribution in [1.82, 2.24) is 0 Å². The minimum absolute atomic E-state index is 0.342. The fraction of sp³-hybridized carbons (Fsp3) is 0.857. The second-order valence-corrected chi connectivity index (χ2v) is 13.7. The number of allylic oxidation sites excluding steroid dienone is 2. The molecule has 0 saturated heterocycles. The van der Waals surface area contributed by atoms with Crippen LogP contribution in [-0.2, 0) is 4.79 Å². The first-order valence-electron chi connectivity index (χ1n) is 16.1. The molecule has 2 unspecified atom stereocenters. The van der Waals surface area contributed by atoms with Crippen molar-refractivity contribution < 1.29 is 9.90 Å². The van der Waals surface area contributed by atoms with Crippen LogP contribution in [0.3, 0.4) is 0 Å². The van der Waals surface area contributed by atoms with Crippen molar-refractivity contribution in [2.75, 3.05) is 0 Å². The zero-order valence-electron chi connectivity index (χ0n) is 24.8. The first-order chi connectivity index (χ1) is 17.8. The van der Waals surface area contributed by atoms with Crippen molar-refractivity contribution in [3.8, 4) is 12.3 Å². The largest absolute Gasteiger partial charge is 0.481 e. The Morgan fingerprint density at radius 1 is 1.00 bits per heavy atom. The molecule has 0 bridgehead atoms. The Bertz CT molecular complexity index is 777. The molecule has 3 saturated carbocycles. The summed E-state index contributed by atoms with van der Waals surface area (Å²) in [4.78, 5) is 11.0. The molecule has 2 heteroatoms. The van der Waals surface area contributed by atoms with E-state index in [1.54, 1.807) is 0 Å². The van der Waals surface area contributed by atoms with Gasteiger partial charge < -0.3 is 5.11 Å². The molecule has 0 aromatic carbocycles. The van der Waals surface area contributed by atoms with Crippen LogP contribution in [0.5, 0.6) is 0 Å². The molecule has 1 N–H and O–H groups in total. The van der Waals surface area contributed by atoms with Crippen molar-refractivity contribution in [2.45, 2.75) is 143 Å². The number of carboxylic acid groups (broad SMARTS) is 1. The number of hydrogen-bond acceptors (Lipinski definition) is 1. The second-order valence-electron chi connectivity index (χ2n) is 13.7. The third-order valence-corrected chi connectivity index (χ3v) is 11.6. The molecule has 0 spiro atoms. The summed E-state index contributed by atoms with van der Waals surface area (Å²) >= 11 is 0. The highest BCUT2D eigenvalue weighted by molar-refractivity contribution is 5.66. The van der Waals surface area contributed by atoms with Gasteiger partial charge >= 0.3 is 5.97 Å². The van der Waals surface area contributed by atoms with Gasteiger partial charge in [0.1, 0.15) is 0 Å². The second kappa shape index (κ2) is 14.2. The number of carboxylic acids is 1. The van der Waals surface area contributed by atoms with Gasteiger partial charge in [-0.15, -0.1) is 12.3 Å². The Balaban J connectivity index is 0.000000295. The molecule has 4 aliphatic carbocycles. The highest BCUT2D eigenvalue weighted by Gasteiger charge is 2.59. The molecule has 0 amide bonds. The molecule has 0 aromatic heterocycles. The zero-order chi connectivity index (χ0) is 26.9. The summed E-state index contributed by atoms with van der Waals surface area (Å²) in [5.41, 5.74) is 0.913. The molecule has 0 radical (unpaired) electrons. The summed E-state index contributed by atoms with van der Waals surface area (Å²) in [5.74, 6) is 6.94. The van der Waals surface area contributed by atoms with E-state index in [1.165, 1.54) is 96.3 Å². The lowest BCUT2D eigenvalue weighted by Gasteiger charge is -2.59. The molecule has 210 valence electrons. The molecular formula is C35H58O2. The van der Waals surface area contributed by atoms with Crippen LogP contribution in [0, 0.1) is 58.7 Å². The van der Waals surface area contributed by atoms with Crippen LogP contribution in [0.2, 0.25) is 0 Å². The average Bonchev–Trinajstić information content (AvgIpc) is 3.24. The molecular weight excluding hydrogens is 452 g/mol. The molecule has 2 nitrogen and oxygen atoms in total. The number of hydrogen-bond donors (Lipinski definition) is 1. The van der Waals surface area contributed by atoms with Gasteiger partial charge in [0.2, 0.25) is 0 Å². The van der Waals surface area contributed by atoms with E-state index in [1.807, 2.05) is 0 Å². The summed E-state index contributed by atoms with van der Waals surface area (Å²) in [5, 5.41) is 9.09. The Kier molecular flexibility index (Phi) is 11.7. The quantitative estimate of drug-likeness (QED) is 0.170. The molecule has 0 aliphatic heterocycles. The van der Waals surface area contributed by atoms with Crippen LogP contribution in [-0.4, -0.2) is 11.1 Å². The molecule has 8 atom stereocenters. The molecule has 3 fully saturated rings. The lowest BCUT2D eigenvalue weighted by atomic mass is 9.45. The fourth-order valence-electron chi connectivity index (χ4n) is 9.53. The van der Waals surface area contributed by atoms with Crippen molar-refractivity contribution >= 4 is 5.97 Å². The van der Waals surface area contributed by atoms with Crippen LogP contribution < -0.4 is 0 Å². The van der Waals surface area contributed by atoms with Gasteiger partial charge in [0.15, 0.2) is 0 Å². The van der Waals surface area contributed by atoms with E-state index >= 15 is 0 Å². The summed E-state index contributed by atoms with van der Waals surface area (Å²) in [6.07, 6.45) is 33.0. The lowest BCUT2D eigenvalue weighted by molar-refractivity contribution is -0.137. The molecule has 4 aliphatic rings. The highest BCUT2D eigenvalue weighted by Crippen LogP contribution is 2.67. The topological polar surface area (TPSA) is 37.3 Å². The van der Waals surface area contributed by atoms with E-state index in [0.29, 0.717) is 23.2 Å². The molecule has 4 rings (SSSR count). The maximum atomic E-state index is 11.0. The van der Waals surface area contributed by atoms with Gasteiger partial charge in [0.25, 0.3) is 0 Å². The summed E-state index contributed by atoms with van der Waals surface area (Å²) in [6.45, 7) is 9.73. The Hall–Kier alpha value is -1.23. The van der Waals surface area contributed by atoms with Gasteiger partial charge in [-0.2, -0.15) is 0 Å². The van der Waals surface area contributed by atoms with Gasteiger partial charge in [0.05, 0.1) is 0 Å². The predicted octanol–water partition coefficient (Wildman–Crippen LogP) is 10.1. The van der Waals surface area contributed by atoms with E-state index in [2.05, 4.69) is 45.8 Å². The minimum atomic E-state index is -0.629. The predicted molar refractivity (Wildman–Crippen MR) is 157 cm³/mol. The third-order valence-electron chi connectivity index (χ3n) is 11.6. The maximum Gasteiger partial charge on any atom is 0.303 e. The average molecular weight is 511 g/mol. The molecule has 0 heterocycles. The number of rotatable bonds is 11. The Labute approximate surface area is 229 Å². The minimum Gasteiger partial charge on any atom is -0.481 e. The maximum absolute atomic E-state index is 11.0. The molecule has 37 heavy (non-hydrogen) atoms. The number of aliphatic carboxylic acids is 1.